The van der Waals surface area contributed by atoms with E-state index in [1.165, 1.54) is 6.26 Å². The average Bonchev–Trinajstić information content (AvgIpc) is 2.71. The van der Waals surface area contributed by atoms with Gasteiger partial charge in [0.1, 0.15) is 0 Å². The van der Waals surface area contributed by atoms with E-state index in [-0.39, 0.29) is 12.3 Å². The lowest BCUT2D eigenvalue weighted by Gasteiger charge is -2.22. The zero-order chi connectivity index (χ0) is 16.3. The Morgan fingerprint density at radius 2 is 2.00 bits per heavy atom. The Kier molecular flexibility index (Phi) is 5.55. The van der Waals surface area contributed by atoms with Crippen molar-refractivity contribution >= 4 is 15.8 Å². The molecule has 1 rings (SSSR count). The summed E-state index contributed by atoms with van der Waals surface area (Å²) in [6, 6.07) is 1.63. The Balaban J connectivity index is 3.13. The maximum atomic E-state index is 11.8. The van der Waals surface area contributed by atoms with Crippen molar-refractivity contribution in [2.75, 3.05) is 12.9 Å². The van der Waals surface area contributed by atoms with Crippen molar-refractivity contribution in [3.8, 4) is 0 Å². The number of rotatable bonds is 7. The van der Waals surface area contributed by atoms with Crippen molar-refractivity contribution < 1.29 is 17.9 Å². The molecule has 0 amide bonds. The molecule has 0 atom stereocenters. The highest BCUT2D eigenvalue weighted by Crippen LogP contribution is 2.22. The fraction of sp³-hybridized carbons (Fsp3) is 0.714. The summed E-state index contributed by atoms with van der Waals surface area (Å²) in [5.74, 6) is -0.481. The van der Waals surface area contributed by atoms with Gasteiger partial charge in [-0.1, -0.05) is 6.92 Å². The number of aromatic nitrogens is 2. The second-order valence-corrected chi connectivity index (χ2v) is 8.32. The molecule has 7 heteroatoms. The number of nitrogens with zero attached hydrogens (tertiary/aromatic N) is 2. The molecule has 120 valence electrons. The molecule has 0 N–H and O–H groups in total. The van der Waals surface area contributed by atoms with Crippen LogP contribution in [0.2, 0.25) is 0 Å². The number of sulfone groups is 1. The Hall–Kier alpha value is -1.37. The van der Waals surface area contributed by atoms with Crippen LogP contribution in [0.25, 0.3) is 0 Å². The van der Waals surface area contributed by atoms with E-state index in [0.29, 0.717) is 13.0 Å². The summed E-state index contributed by atoms with van der Waals surface area (Å²) in [5.41, 5.74) is 0.958. The molecule has 0 bridgehead atoms. The number of carbonyl (C=O) groups excluding carboxylic acids is 1. The second-order valence-electron chi connectivity index (χ2n) is 5.67. The maximum Gasteiger partial charge on any atom is 0.358 e. The minimum atomic E-state index is -3.21. The third kappa shape index (κ3) is 4.30. The number of hydrogen-bond donors (Lipinski definition) is 0. The predicted molar refractivity (Wildman–Crippen MR) is 81.1 cm³/mol. The van der Waals surface area contributed by atoms with E-state index in [2.05, 4.69) is 5.10 Å². The van der Waals surface area contributed by atoms with Crippen molar-refractivity contribution in [1.82, 2.24) is 9.78 Å². The summed E-state index contributed by atoms with van der Waals surface area (Å²) in [6.45, 7) is 8.00. The average molecular weight is 316 g/mol. The molecule has 0 aliphatic carbocycles. The van der Waals surface area contributed by atoms with Crippen LogP contribution in [0, 0.1) is 0 Å². The second kappa shape index (κ2) is 6.60. The first-order valence-electron chi connectivity index (χ1n) is 7.05. The highest BCUT2D eigenvalue weighted by Gasteiger charge is 2.32. The van der Waals surface area contributed by atoms with Crippen LogP contribution in [-0.2, 0) is 27.5 Å². The van der Waals surface area contributed by atoms with Gasteiger partial charge in [-0.05, 0) is 33.3 Å². The molecule has 0 aliphatic rings. The first kappa shape index (κ1) is 17.7. The minimum absolute atomic E-state index is 0.226. The van der Waals surface area contributed by atoms with E-state index in [4.69, 9.17) is 4.74 Å². The maximum absolute atomic E-state index is 11.8. The first-order chi connectivity index (χ1) is 9.62. The molecule has 6 nitrogen and oxygen atoms in total. The van der Waals surface area contributed by atoms with Crippen molar-refractivity contribution in [3.63, 3.8) is 0 Å². The van der Waals surface area contributed by atoms with E-state index < -0.39 is 20.6 Å². The SMILES string of the molecule is CCCn1nc(C(=O)OCC)cc1CC(C)(C)S(C)(=O)=O. The smallest absolute Gasteiger partial charge is 0.358 e. The predicted octanol–water partition coefficient (Wildman–Crippen LogP) is 1.84. The standard InChI is InChI=1S/C14H24N2O4S/c1-6-8-16-11(10-14(3,4)21(5,18)19)9-12(15-16)13(17)20-7-2/h9H,6-8,10H2,1-5H3. The molecule has 0 saturated carbocycles. The molecular formula is C14H24N2O4S. The summed E-state index contributed by atoms with van der Waals surface area (Å²) < 4.78 is 29.4. The van der Waals surface area contributed by atoms with Crippen molar-refractivity contribution in [2.24, 2.45) is 0 Å². The van der Waals surface area contributed by atoms with Gasteiger partial charge >= 0.3 is 5.97 Å². The third-order valence-electron chi connectivity index (χ3n) is 3.39. The molecule has 0 unspecified atom stereocenters. The van der Waals surface area contributed by atoms with Crippen molar-refractivity contribution in [3.05, 3.63) is 17.5 Å². The molecule has 0 aliphatic heterocycles. The van der Waals surface area contributed by atoms with Gasteiger partial charge < -0.3 is 4.74 Å². The molecule has 1 heterocycles. The molecule has 0 fully saturated rings. The molecular weight excluding hydrogens is 292 g/mol. The van der Waals surface area contributed by atoms with Crippen LogP contribution in [0.4, 0.5) is 0 Å². The normalized spacial score (nSPS) is 12.4. The summed E-state index contributed by atoms with van der Waals surface area (Å²) in [5, 5.41) is 4.23. The van der Waals surface area contributed by atoms with Crippen LogP contribution in [0.15, 0.2) is 6.07 Å². The summed E-state index contributed by atoms with van der Waals surface area (Å²) >= 11 is 0. The number of ether oxygens (including phenoxy) is 1. The van der Waals surface area contributed by atoms with Crippen LogP contribution < -0.4 is 0 Å². The van der Waals surface area contributed by atoms with Crippen LogP contribution in [0.1, 0.15) is 50.3 Å². The van der Waals surface area contributed by atoms with Crippen LogP contribution in [0.3, 0.4) is 0 Å². The Morgan fingerprint density at radius 1 is 1.38 bits per heavy atom. The molecule has 0 radical (unpaired) electrons. The number of aryl methyl sites for hydroxylation is 1. The van der Waals surface area contributed by atoms with E-state index >= 15 is 0 Å². The monoisotopic (exact) mass is 316 g/mol. The van der Waals surface area contributed by atoms with E-state index in [1.54, 1.807) is 31.5 Å². The van der Waals surface area contributed by atoms with Crippen LogP contribution >= 0.6 is 0 Å². The van der Waals surface area contributed by atoms with E-state index in [9.17, 15) is 13.2 Å². The molecule has 1 aromatic heterocycles. The molecule has 0 spiro atoms. The van der Waals surface area contributed by atoms with Crippen molar-refractivity contribution in [2.45, 2.75) is 51.8 Å². The number of carbonyl (C=O) groups is 1. The molecule has 1 aromatic rings. The lowest BCUT2D eigenvalue weighted by atomic mass is 10.1. The number of esters is 1. The van der Waals surface area contributed by atoms with Gasteiger partial charge in [-0.3, -0.25) is 4.68 Å². The van der Waals surface area contributed by atoms with Crippen molar-refractivity contribution in [1.29, 1.82) is 0 Å². The zero-order valence-corrected chi connectivity index (χ0v) is 14.2. The Bertz CT molecular complexity index is 602. The van der Waals surface area contributed by atoms with Gasteiger partial charge in [-0.15, -0.1) is 0 Å². The highest BCUT2D eigenvalue weighted by molar-refractivity contribution is 7.92. The van der Waals surface area contributed by atoms with E-state index in [0.717, 1.165) is 12.1 Å². The zero-order valence-electron chi connectivity index (χ0n) is 13.3. The fourth-order valence-corrected chi connectivity index (χ4v) is 2.29. The van der Waals surface area contributed by atoms with Gasteiger partial charge in [0, 0.05) is 24.9 Å². The fourth-order valence-electron chi connectivity index (χ4n) is 1.88. The van der Waals surface area contributed by atoms with Crippen LogP contribution in [-0.4, -0.2) is 41.8 Å². The minimum Gasteiger partial charge on any atom is -0.461 e. The quantitative estimate of drug-likeness (QED) is 0.717. The van der Waals surface area contributed by atoms with Crippen LogP contribution in [0.5, 0.6) is 0 Å². The third-order valence-corrected chi connectivity index (χ3v) is 5.55. The summed E-state index contributed by atoms with van der Waals surface area (Å²) in [4.78, 5) is 11.8. The topological polar surface area (TPSA) is 78.3 Å². The number of hydrogen-bond acceptors (Lipinski definition) is 5. The van der Waals surface area contributed by atoms with Gasteiger partial charge in [0.25, 0.3) is 0 Å². The lowest BCUT2D eigenvalue weighted by molar-refractivity contribution is 0.0518. The summed E-state index contributed by atoms with van der Waals surface area (Å²) in [6.07, 6.45) is 2.37. The Labute approximate surface area is 126 Å². The van der Waals surface area contributed by atoms with Gasteiger partial charge in [0.05, 0.1) is 11.4 Å². The van der Waals surface area contributed by atoms with Gasteiger partial charge in [0.15, 0.2) is 15.5 Å². The van der Waals surface area contributed by atoms with Gasteiger partial charge in [-0.25, -0.2) is 13.2 Å². The van der Waals surface area contributed by atoms with Gasteiger partial charge in [-0.2, -0.15) is 5.10 Å². The molecule has 21 heavy (non-hydrogen) atoms. The largest absolute Gasteiger partial charge is 0.461 e. The highest BCUT2D eigenvalue weighted by atomic mass is 32.2. The van der Waals surface area contributed by atoms with E-state index in [1.807, 2.05) is 6.92 Å². The first-order valence-corrected chi connectivity index (χ1v) is 8.95. The molecule has 0 saturated heterocycles. The Morgan fingerprint density at radius 3 is 2.48 bits per heavy atom. The van der Waals surface area contributed by atoms with Gasteiger partial charge in [0.2, 0.25) is 0 Å². The molecule has 0 aromatic carbocycles. The summed E-state index contributed by atoms with van der Waals surface area (Å²) in [7, 11) is -3.21. The lowest BCUT2D eigenvalue weighted by Crippen LogP contribution is -2.34.